The molecule has 9 nitrogen and oxygen atoms in total. The number of benzene rings is 1. The molecule has 2 aromatic rings. The van der Waals surface area contributed by atoms with Crippen LogP contribution in [0.25, 0.3) is 0 Å². The number of ether oxygens (including phenoxy) is 1. The van der Waals surface area contributed by atoms with Gasteiger partial charge in [-0.3, -0.25) is 24.3 Å². The average Bonchev–Trinajstić information content (AvgIpc) is 2.64. The third-order valence-corrected chi connectivity index (χ3v) is 3.63. The summed E-state index contributed by atoms with van der Waals surface area (Å²) in [5, 5.41) is 13.3. The number of anilines is 1. The molecule has 27 heavy (non-hydrogen) atoms. The maximum absolute atomic E-state index is 12.1. The van der Waals surface area contributed by atoms with E-state index in [0.29, 0.717) is 17.9 Å². The van der Waals surface area contributed by atoms with Crippen LogP contribution in [0.1, 0.15) is 30.1 Å². The molecule has 0 fully saturated rings. The fourth-order valence-electron chi connectivity index (χ4n) is 2.19. The van der Waals surface area contributed by atoms with Gasteiger partial charge < -0.3 is 10.1 Å². The summed E-state index contributed by atoms with van der Waals surface area (Å²) in [6.45, 7) is 1.97. The van der Waals surface area contributed by atoms with E-state index in [0.717, 1.165) is 35.7 Å². The van der Waals surface area contributed by atoms with Crippen molar-refractivity contribution in [2.75, 3.05) is 11.9 Å². The average molecular weight is 373 g/mol. The smallest absolute Gasteiger partial charge is 0.338 e. The molecule has 1 aromatic heterocycles. The number of nitrogens with zero attached hydrogens (tertiary/aromatic N) is 2. The van der Waals surface area contributed by atoms with Gasteiger partial charge >= 0.3 is 5.97 Å². The monoisotopic (exact) mass is 373 g/mol. The van der Waals surface area contributed by atoms with Crippen LogP contribution in [0.15, 0.2) is 47.4 Å². The Morgan fingerprint density at radius 2 is 1.89 bits per heavy atom. The van der Waals surface area contributed by atoms with E-state index >= 15 is 0 Å². The number of hydrogen-bond acceptors (Lipinski definition) is 6. The van der Waals surface area contributed by atoms with Gasteiger partial charge in [0.25, 0.3) is 11.2 Å². The van der Waals surface area contributed by atoms with Gasteiger partial charge in [0.2, 0.25) is 5.91 Å². The third kappa shape index (κ3) is 5.77. The van der Waals surface area contributed by atoms with E-state index < -0.39 is 22.4 Å². The van der Waals surface area contributed by atoms with Crippen LogP contribution in [0.4, 0.5) is 11.4 Å². The van der Waals surface area contributed by atoms with E-state index in [1.165, 1.54) is 24.3 Å². The molecular formula is C18H19N3O6. The first kappa shape index (κ1) is 19.8. The van der Waals surface area contributed by atoms with Crippen molar-refractivity contribution < 1.29 is 19.2 Å². The molecule has 1 N–H and O–H groups in total. The maximum Gasteiger partial charge on any atom is 0.338 e. The highest BCUT2D eigenvalue weighted by Gasteiger charge is 2.11. The summed E-state index contributed by atoms with van der Waals surface area (Å²) in [6.07, 6.45) is 2.72. The van der Waals surface area contributed by atoms with Gasteiger partial charge in [0.05, 0.1) is 23.3 Å². The molecular weight excluding hydrogens is 354 g/mol. The van der Waals surface area contributed by atoms with E-state index in [2.05, 4.69) is 5.32 Å². The Morgan fingerprint density at radius 3 is 2.52 bits per heavy atom. The molecule has 1 amide bonds. The standard InChI is InChI=1S/C18H19N3O6/c1-2-3-10-27-18(24)13-4-6-14(7-5-13)19-16(22)12-20-11-15(21(25)26)8-9-17(20)23/h4-9,11H,2-3,10,12H2,1H3,(H,19,22). The highest BCUT2D eigenvalue weighted by molar-refractivity contribution is 5.93. The van der Waals surface area contributed by atoms with Crippen molar-refractivity contribution in [1.82, 2.24) is 4.57 Å². The number of pyridine rings is 1. The van der Waals surface area contributed by atoms with Gasteiger partial charge in [-0.05, 0) is 30.7 Å². The summed E-state index contributed by atoms with van der Waals surface area (Å²) in [6, 6.07) is 8.21. The molecule has 0 bridgehead atoms. The molecule has 0 saturated heterocycles. The number of unbranched alkanes of at least 4 members (excludes halogenated alkanes) is 1. The minimum Gasteiger partial charge on any atom is -0.462 e. The molecule has 142 valence electrons. The van der Waals surface area contributed by atoms with Gasteiger partial charge in [0.15, 0.2) is 0 Å². The van der Waals surface area contributed by atoms with Gasteiger partial charge in [0, 0.05) is 17.8 Å². The Kier molecular flexibility index (Phi) is 6.81. The number of nitrogens with one attached hydrogen (secondary N) is 1. The van der Waals surface area contributed by atoms with Crippen molar-refractivity contribution in [2.45, 2.75) is 26.3 Å². The van der Waals surface area contributed by atoms with Crippen molar-refractivity contribution >= 4 is 23.3 Å². The van der Waals surface area contributed by atoms with Crippen molar-refractivity contribution in [3.63, 3.8) is 0 Å². The topological polar surface area (TPSA) is 121 Å². The number of nitro groups is 1. The number of hydrogen-bond donors (Lipinski definition) is 1. The van der Waals surface area contributed by atoms with Crippen LogP contribution >= 0.6 is 0 Å². The van der Waals surface area contributed by atoms with E-state index in [-0.39, 0.29) is 12.2 Å². The predicted molar refractivity (Wildman–Crippen MR) is 97.6 cm³/mol. The summed E-state index contributed by atoms with van der Waals surface area (Å²) in [4.78, 5) is 45.7. The lowest BCUT2D eigenvalue weighted by atomic mass is 10.2. The Morgan fingerprint density at radius 1 is 1.19 bits per heavy atom. The largest absolute Gasteiger partial charge is 0.462 e. The Hall–Kier alpha value is -3.49. The number of carbonyl (C=O) groups excluding carboxylic acids is 2. The van der Waals surface area contributed by atoms with Crippen LogP contribution in [0, 0.1) is 10.1 Å². The second-order valence-electron chi connectivity index (χ2n) is 5.73. The maximum atomic E-state index is 12.1. The van der Waals surface area contributed by atoms with E-state index in [9.17, 15) is 24.5 Å². The first-order chi connectivity index (χ1) is 12.9. The second-order valence-corrected chi connectivity index (χ2v) is 5.73. The van der Waals surface area contributed by atoms with Crippen molar-refractivity contribution in [3.8, 4) is 0 Å². The van der Waals surface area contributed by atoms with Crippen LogP contribution in [0.3, 0.4) is 0 Å². The molecule has 0 unspecified atom stereocenters. The normalized spacial score (nSPS) is 10.3. The molecule has 1 aromatic carbocycles. The Labute approximate surface area is 154 Å². The zero-order valence-corrected chi connectivity index (χ0v) is 14.7. The third-order valence-electron chi connectivity index (χ3n) is 3.63. The fraction of sp³-hybridized carbons (Fsp3) is 0.278. The van der Waals surface area contributed by atoms with Crippen LogP contribution in [-0.4, -0.2) is 28.0 Å². The molecule has 9 heteroatoms. The molecule has 0 aliphatic rings. The summed E-state index contributed by atoms with van der Waals surface area (Å²) in [5.74, 6) is -0.972. The first-order valence-corrected chi connectivity index (χ1v) is 8.32. The minimum atomic E-state index is -0.647. The first-order valence-electron chi connectivity index (χ1n) is 8.32. The van der Waals surface area contributed by atoms with Gasteiger partial charge in [-0.25, -0.2) is 4.79 Å². The number of aromatic nitrogens is 1. The summed E-state index contributed by atoms with van der Waals surface area (Å²) in [5.41, 5.74) is -0.0307. The molecule has 0 aliphatic heterocycles. The zero-order chi connectivity index (χ0) is 19.8. The van der Waals surface area contributed by atoms with E-state index in [4.69, 9.17) is 4.74 Å². The van der Waals surface area contributed by atoms with Crippen LogP contribution in [0.5, 0.6) is 0 Å². The summed E-state index contributed by atoms with van der Waals surface area (Å²) >= 11 is 0. The number of rotatable bonds is 8. The molecule has 0 spiro atoms. The van der Waals surface area contributed by atoms with Crippen molar-refractivity contribution in [2.24, 2.45) is 0 Å². The van der Waals surface area contributed by atoms with Crippen LogP contribution in [-0.2, 0) is 16.1 Å². The lowest BCUT2D eigenvalue weighted by Gasteiger charge is -2.08. The van der Waals surface area contributed by atoms with E-state index in [1.54, 1.807) is 0 Å². The number of carbonyl (C=O) groups is 2. The fourth-order valence-corrected chi connectivity index (χ4v) is 2.19. The SMILES string of the molecule is CCCCOC(=O)c1ccc(NC(=O)Cn2cc([N+](=O)[O-])ccc2=O)cc1. The van der Waals surface area contributed by atoms with Gasteiger partial charge in [-0.2, -0.15) is 0 Å². The Bertz CT molecular complexity index is 889. The van der Waals surface area contributed by atoms with Gasteiger partial charge in [-0.1, -0.05) is 13.3 Å². The van der Waals surface area contributed by atoms with Crippen LogP contribution in [0.2, 0.25) is 0 Å². The number of esters is 1. The lowest BCUT2D eigenvalue weighted by Crippen LogP contribution is -2.27. The second kappa shape index (κ2) is 9.27. The van der Waals surface area contributed by atoms with Crippen molar-refractivity contribution in [3.05, 3.63) is 68.6 Å². The van der Waals surface area contributed by atoms with Gasteiger partial charge in [0.1, 0.15) is 6.54 Å². The molecule has 0 atom stereocenters. The quantitative estimate of drug-likeness (QED) is 0.328. The predicted octanol–water partition coefficient (Wildman–Crippen LogP) is 2.35. The molecule has 0 aliphatic carbocycles. The Balaban J connectivity index is 1.98. The molecule has 1 heterocycles. The summed E-state index contributed by atoms with van der Waals surface area (Å²) in [7, 11) is 0. The lowest BCUT2D eigenvalue weighted by molar-refractivity contribution is -0.385. The van der Waals surface area contributed by atoms with E-state index in [1.807, 2.05) is 6.92 Å². The van der Waals surface area contributed by atoms with Gasteiger partial charge in [-0.15, -0.1) is 0 Å². The minimum absolute atomic E-state index is 0.284. The highest BCUT2D eigenvalue weighted by Crippen LogP contribution is 2.11. The zero-order valence-electron chi connectivity index (χ0n) is 14.7. The number of amides is 1. The highest BCUT2D eigenvalue weighted by atomic mass is 16.6. The van der Waals surface area contributed by atoms with Crippen LogP contribution < -0.4 is 10.9 Å². The molecule has 0 radical (unpaired) electrons. The van der Waals surface area contributed by atoms with Crippen molar-refractivity contribution in [1.29, 1.82) is 0 Å². The molecule has 0 saturated carbocycles. The molecule has 2 rings (SSSR count). The summed E-state index contributed by atoms with van der Waals surface area (Å²) < 4.78 is 6.04.